The molecule has 1 saturated carbocycles. The first-order valence-electron chi connectivity index (χ1n) is 11.7. The van der Waals surface area contributed by atoms with Gasteiger partial charge in [-0.1, -0.05) is 103 Å². The van der Waals surface area contributed by atoms with Gasteiger partial charge in [0.05, 0.1) is 0 Å². The Kier molecular flexibility index (Phi) is 6.06. The van der Waals surface area contributed by atoms with Crippen molar-refractivity contribution in [3.8, 4) is 22.5 Å². The lowest BCUT2D eigenvalue weighted by Gasteiger charge is -2.33. The molecule has 3 nitrogen and oxygen atoms in total. The number of aryl methyl sites for hydroxylation is 1. The van der Waals surface area contributed by atoms with Crippen LogP contribution in [-0.2, 0) is 6.42 Å². The summed E-state index contributed by atoms with van der Waals surface area (Å²) in [6.07, 6.45) is 6.15. The van der Waals surface area contributed by atoms with Crippen LogP contribution >= 0.6 is 0 Å². The zero-order valence-electron chi connectivity index (χ0n) is 18.6. The van der Waals surface area contributed by atoms with Gasteiger partial charge in [-0.25, -0.2) is 0 Å². The fraction of sp³-hybridized carbons (Fsp3) is 0.276. The minimum Gasteiger partial charge on any atom is -0.377 e. The Balaban J connectivity index is 1.37. The summed E-state index contributed by atoms with van der Waals surface area (Å²) in [5.74, 6) is 1.46. The van der Waals surface area contributed by atoms with Gasteiger partial charge < -0.3 is 9.84 Å². The van der Waals surface area contributed by atoms with Crippen LogP contribution in [0.3, 0.4) is 0 Å². The molecule has 32 heavy (non-hydrogen) atoms. The van der Waals surface area contributed by atoms with Gasteiger partial charge in [0.25, 0.3) is 0 Å². The minimum atomic E-state index is 0.435. The lowest BCUT2D eigenvalue weighted by Crippen LogP contribution is -2.33. The molecule has 0 bridgehead atoms. The first-order chi connectivity index (χ1) is 15.8. The topological polar surface area (TPSA) is 38.1 Å². The second-order valence-electron chi connectivity index (χ2n) is 8.90. The molecule has 0 spiro atoms. The van der Waals surface area contributed by atoms with Crippen LogP contribution in [0.2, 0.25) is 0 Å². The number of anilines is 1. The molecule has 1 aromatic heterocycles. The normalized spacial score (nSPS) is 18.4. The number of hydrogen-bond donors (Lipinski definition) is 1. The number of nitrogens with zero attached hydrogens (tertiary/aromatic N) is 1. The van der Waals surface area contributed by atoms with E-state index in [4.69, 9.17) is 4.52 Å². The van der Waals surface area contributed by atoms with Crippen molar-refractivity contribution in [1.29, 1.82) is 0 Å². The Hall–Kier alpha value is -3.33. The third-order valence-corrected chi connectivity index (χ3v) is 6.70. The summed E-state index contributed by atoms with van der Waals surface area (Å²) < 4.78 is 5.81. The summed E-state index contributed by atoms with van der Waals surface area (Å²) in [7, 11) is 0. The van der Waals surface area contributed by atoms with Crippen molar-refractivity contribution in [3.63, 3.8) is 0 Å². The van der Waals surface area contributed by atoms with Crippen molar-refractivity contribution < 1.29 is 4.52 Å². The summed E-state index contributed by atoms with van der Waals surface area (Å²) in [6, 6.07) is 30.3. The Bertz CT molecular complexity index is 1130. The summed E-state index contributed by atoms with van der Waals surface area (Å²) >= 11 is 0. The maximum absolute atomic E-state index is 5.81. The molecule has 3 aromatic carbocycles. The molecule has 0 radical (unpaired) electrons. The monoisotopic (exact) mass is 422 g/mol. The van der Waals surface area contributed by atoms with E-state index in [-0.39, 0.29) is 0 Å². The molecule has 1 fully saturated rings. The fourth-order valence-electron chi connectivity index (χ4n) is 4.93. The zero-order valence-corrected chi connectivity index (χ0v) is 18.6. The number of benzene rings is 3. The van der Waals surface area contributed by atoms with E-state index in [9.17, 15) is 0 Å². The van der Waals surface area contributed by atoms with Crippen LogP contribution < -0.4 is 5.32 Å². The number of nitrogens with one attached hydrogen (secondary N) is 1. The van der Waals surface area contributed by atoms with Crippen molar-refractivity contribution in [2.45, 2.75) is 45.1 Å². The molecular weight excluding hydrogens is 392 g/mol. The van der Waals surface area contributed by atoms with Gasteiger partial charge >= 0.3 is 0 Å². The molecule has 1 N–H and O–H groups in total. The molecule has 0 amide bonds. The summed E-state index contributed by atoms with van der Waals surface area (Å²) in [4.78, 5) is 0. The van der Waals surface area contributed by atoms with E-state index in [0.29, 0.717) is 12.0 Å². The van der Waals surface area contributed by atoms with Crippen LogP contribution in [0, 0.1) is 12.8 Å². The van der Waals surface area contributed by atoms with Crippen molar-refractivity contribution in [1.82, 2.24) is 5.16 Å². The minimum absolute atomic E-state index is 0.435. The molecule has 162 valence electrons. The van der Waals surface area contributed by atoms with Gasteiger partial charge in [-0.05, 0) is 48.8 Å². The van der Waals surface area contributed by atoms with Crippen molar-refractivity contribution in [2.75, 3.05) is 5.32 Å². The second-order valence-corrected chi connectivity index (χ2v) is 8.90. The van der Waals surface area contributed by atoms with Gasteiger partial charge in [-0.15, -0.1) is 0 Å². The number of rotatable bonds is 6. The van der Waals surface area contributed by atoms with Gasteiger partial charge in [-0.2, -0.15) is 0 Å². The van der Waals surface area contributed by atoms with Gasteiger partial charge in [0, 0.05) is 11.6 Å². The molecule has 1 aliphatic rings. The van der Waals surface area contributed by atoms with Crippen LogP contribution in [0.25, 0.3) is 22.5 Å². The molecule has 2 atom stereocenters. The standard InChI is InChI=1S/C29H30N2O/c1-21-28(30-27-15-9-8-14-26(27)20-22-10-4-2-5-11-22)29(32-31-21)25-18-16-24(17-19-25)23-12-6-3-7-13-23/h2-7,10-13,16-19,26-27,30H,8-9,14-15,20H2,1H3. The molecule has 5 rings (SSSR count). The number of aromatic nitrogens is 1. The van der Waals surface area contributed by atoms with Crippen LogP contribution in [-0.4, -0.2) is 11.2 Å². The molecule has 0 aliphatic heterocycles. The summed E-state index contributed by atoms with van der Waals surface area (Å²) in [6.45, 7) is 2.03. The van der Waals surface area contributed by atoms with Crippen molar-refractivity contribution in [2.24, 2.45) is 5.92 Å². The zero-order chi connectivity index (χ0) is 21.8. The van der Waals surface area contributed by atoms with Gasteiger partial charge in [-0.3, -0.25) is 0 Å². The molecule has 3 heteroatoms. The predicted molar refractivity (Wildman–Crippen MR) is 132 cm³/mol. The van der Waals surface area contributed by atoms with E-state index in [1.807, 2.05) is 13.0 Å². The van der Waals surface area contributed by atoms with E-state index in [1.54, 1.807) is 0 Å². The van der Waals surface area contributed by atoms with E-state index in [0.717, 1.165) is 29.1 Å². The van der Waals surface area contributed by atoms with Gasteiger partial charge in [0.1, 0.15) is 11.4 Å². The average molecular weight is 423 g/mol. The Morgan fingerprint density at radius 3 is 2.16 bits per heavy atom. The van der Waals surface area contributed by atoms with E-state index >= 15 is 0 Å². The SMILES string of the molecule is Cc1noc(-c2ccc(-c3ccccc3)cc2)c1NC1CCCCC1Cc1ccccc1. The third-order valence-electron chi connectivity index (χ3n) is 6.70. The van der Waals surface area contributed by atoms with Crippen molar-refractivity contribution >= 4 is 5.69 Å². The molecule has 0 saturated heterocycles. The number of hydrogen-bond acceptors (Lipinski definition) is 3. The highest BCUT2D eigenvalue weighted by atomic mass is 16.5. The van der Waals surface area contributed by atoms with Crippen LogP contribution in [0.4, 0.5) is 5.69 Å². The third kappa shape index (κ3) is 4.47. The summed E-state index contributed by atoms with van der Waals surface area (Å²) in [5.41, 5.74) is 6.87. The predicted octanol–water partition coefficient (Wildman–Crippen LogP) is 7.53. The van der Waals surface area contributed by atoms with E-state index in [1.165, 1.54) is 42.4 Å². The van der Waals surface area contributed by atoms with Gasteiger partial charge in [0.2, 0.25) is 0 Å². The fourth-order valence-corrected chi connectivity index (χ4v) is 4.93. The Morgan fingerprint density at radius 1 is 0.781 bits per heavy atom. The first-order valence-corrected chi connectivity index (χ1v) is 11.7. The Labute approximate surface area is 190 Å². The molecule has 4 aromatic rings. The second kappa shape index (κ2) is 9.44. The maximum atomic E-state index is 5.81. The van der Waals surface area contributed by atoms with E-state index in [2.05, 4.69) is 89.3 Å². The lowest BCUT2D eigenvalue weighted by molar-refractivity contribution is 0.323. The average Bonchev–Trinajstić information content (AvgIpc) is 3.21. The first kappa shape index (κ1) is 20.6. The largest absolute Gasteiger partial charge is 0.377 e. The molecule has 2 unspecified atom stereocenters. The quantitative estimate of drug-likeness (QED) is 0.349. The maximum Gasteiger partial charge on any atom is 0.190 e. The highest BCUT2D eigenvalue weighted by molar-refractivity contribution is 5.76. The van der Waals surface area contributed by atoms with Crippen LogP contribution in [0.1, 0.15) is 36.9 Å². The smallest absolute Gasteiger partial charge is 0.190 e. The highest BCUT2D eigenvalue weighted by Gasteiger charge is 2.28. The molecule has 1 heterocycles. The highest BCUT2D eigenvalue weighted by Crippen LogP contribution is 2.36. The van der Waals surface area contributed by atoms with Gasteiger partial charge in [0.15, 0.2) is 5.76 Å². The summed E-state index contributed by atoms with van der Waals surface area (Å²) in [5, 5.41) is 8.17. The van der Waals surface area contributed by atoms with Crippen molar-refractivity contribution in [3.05, 3.63) is 96.2 Å². The van der Waals surface area contributed by atoms with Crippen LogP contribution in [0.5, 0.6) is 0 Å². The Morgan fingerprint density at radius 2 is 1.41 bits per heavy atom. The molecule has 1 aliphatic carbocycles. The van der Waals surface area contributed by atoms with Crippen LogP contribution in [0.15, 0.2) is 89.5 Å². The lowest BCUT2D eigenvalue weighted by atomic mass is 9.80. The molecular formula is C29H30N2O. The van der Waals surface area contributed by atoms with E-state index < -0.39 is 0 Å².